The number of halogens is 1. The molecule has 180 valence electrons. The lowest BCUT2D eigenvalue weighted by Crippen LogP contribution is -2.43. The Labute approximate surface area is 203 Å². The van der Waals surface area contributed by atoms with Crippen LogP contribution in [-0.2, 0) is 12.1 Å². The maximum absolute atomic E-state index is 12.7. The van der Waals surface area contributed by atoms with Crippen LogP contribution in [0.1, 0.15) is 43.7 Å². The molecule has 2 aromatic carbocycles. The Bertz CT molecular complexity index is 1280. The Morgan fingerprint density at radius 2 is 1.63 bits per heavy atom. The van der Waals surface area contributed by atoms with Gasteiger partial charge in [-0.2, -0.15) is 4.98 Å². The van der Waals surface area contributed by atoms with E-state index in [0.717, 1.165) is 24.2 Å². The van der Waals surface area contributed by atoms with E-state index in [-0.39, 0.29) is 29.3 Å². The molecule has 1 fully saturated rings. The molecule has 5 rings (SSSR count). The highest BCUT2D eigenvalue weighted by atomic mass is 19.1. The lowest BCUT2D eigenvalue weighted by atomic mass is 9.78. The number of aromatic nitrogens is 3. The highest BCUT2D eigenvalue weighted by Crippen LogP contribution is 2.35. The zero-order chi connectivity index (χ0) is 24.4. The third kappa shape index (κ3) is 5.02. The van der Waals surface area contributed by atoms with E-state index >= 15 is 0 Å². The van der Waals surface area contributed by atoms with Crippen molar-refractivity contribution >= 4 is 0 Å². The van der Waals surface area contributed by atoms with Gasteiger partial charge in [0.1, 0.15) is 23.4 Å². The number of hydrogen-bond donors (Lipinski definition) is 1. The minimum atomic E-state index is -0.813. The highest BCUT2D eigenvalue weighted by molar-refractivity contribution is 5.55. The van der Waals surface area contributed by atoms with Crippen LogP contribution in [0.5, 0.6) is 17.2 Å². The third-order valence-corrected chi connectivity index (χ3v) is 6.38. The summed E-state index contributed by atoms with van der Waals surface area (Å²) in [5, 5.41) is 3.77. The van der Waals surface area contributed by atoms with Crippen molar-refractivity contribution in [1.82, 2.24) is 15.1 Å². The quantitative estimate of drug-likeness (QED) is 0.356. The van der Waals surface area contributed by atoms with Gasteiger partial charge in [0.15, 0.2) is 6.67 Å². The van der Waals surface area contributed by atoms with Crippen LogP contribution in [0.3, 0.4) is 0 Å². The van der Waals surface area contributed by atoms with Gasteiger partial charge in [-0.1, -0.05) is 43.3 Å². The fourth-order valence-corrected chi connectivity index (χ4v) is 4.11. The smallest absolute Gasteiger partial charge is 0.258 e. The second-order valence-electron chi connectivity index (χ2n) is 9.30. The first-order chi connectivity index (χ1) is 16.9. The molecule has 1 aliphatic rings. The molecule has 0 bridgehead atoms. The average Bonchev–Trinajstić information content (AvgIpc) is 3.34. The van der Waals surface area contributed by atoms with E-state index in [2.05, 4.69) is 53.2 Å². The molecule has 35 heavy (non-hydrogen) atoms. The van der Waals surface area contributed by atoms with Gasteiger partial charge in [0, 0.05) is 23.2 Å². The summed E-state index contributed by atoms with van der Waals surface area (Å²) in [7, 11) is 0. The van der Waals surface area contributed by atoms with Gasteiger partial charge >= 0.3 is 0 Å². The van der Waals surface area contributed by atoms with Crippen molar-refractivity contribution in [2.75, 3.05) is 0 Å². The fraction of sp³-hybridized carbons (Fsp3) is 0.296. The second kappa shape index (κ2) is 9.46. The van der Waals surface area contributed by atoms with Crippen LogP contribution in [0.4, 0.5) is 4.39 Å². The van der Waals surface area contributed by atoms with Crippen molar-refractivity contribution in [2.24, 2.45) is 5.73 Å². The standard InChI is InChI=1S/C27H27FN4O3/c1-27(2,18-3-7-21(8-4-18)33-23-12-20(29)13-23)19-5-9-22(10-6-19)34-24-11-17(15-30-16-24)26-31-25(14-28)35-32-26/h3-11,15-16,20,23H,12-14,29H2,1-2H3. The van der Waals surface area contributed by atoms with Gasteiger partial charge in [-0.25, -0.2) is 4.39 Å². The Hall–Kier alpha value is -3.78. The number of hydrogen-bond acceptors (Lipinski definition) is 7. The molecule has 2 aromatic heterocycles. The zero-order valence-electron chi connectivity index (χ0n) is 19.6. The molecule has 8 heteroatoms. The SMILES string of the molecule is CC(C)(c1ccc(Oc2cncc(-c3noc(CF)n3)c2)cc1)c1ccc(OC2CC(N)C2)cc1. The predicted octanol–water partition coefficient (Wildman–Crippen LogP) is 5.59. The van der Waals surface area contributed by atoms with E-state index in [4.69, 9.17) is 19.7 Å². The number of alkyl halides is 1. The van der Waals surface area contributed by atoms with Crippen LogP contribution in [0.2, 0.25) is 0 Å². The summed E-state index contributed by atoms with van der Waals surface area (Å²) in [5.74, 6) is 2.26. The summed E-state index contributed by atoms with van der Waals surface area (Å²) >= 11 is 0. The van der Waals surface area contributed by atoms with E-state index in [0.29, 0.717) is 17.1 Å². The molecular formula is C27H27FN4O3. The predicted molar refractivity (Wildman–Crippen MR) is 129 cm³/mol. The molecule has 2 heterocycles. The molecule has 0 spiro atoms. The maximum Gasteiger partial charge on any atom is 0.258 e. The summed E-state index contributed by atoms with van der Waals surface area (Å²) in [6.07, 6.45) is 5.23. The Balaban J connectivity index is 1.26. The highest BCUT2D eigenvalue weighted by Gasteiger charge is 2.28. The van der Waals surface area contributed by atoms with Crippen LogP contribution >= 0.6 is 0 Å². The Morgan fingerprint density at radius 3 is 2.23 bits per heavy atom. The van der Waals surface area contributed by atoms with Gasteiger partial charge in [-0.05, 0) is 54.3 Å². The number of ether oxygens (including phenoxy) is 2. The molecule has 0 aliphatic heterocycles. The van der Waals surface area contributed by atoms with Gasteiger partial charge in [0.2, 0.25) is 5.82 Å². The Morgan fingerprint density at radius 1 is 0.971 bits per heavy atom. The summed E-state index contributed by atoms with van der Waals surface area (Å²) < 4.78 is 29.5. The molecular weight excluding hydrogens is 447 g/mol. The van der Waals surface area contributed by atoms with Gasteiger partial charge in [0.05, 0.1) is 6.20 Å². The van der Waals surface area contributed by atoms with Crippen molar-refractivity contribution in [3.63, 3.8) is 0 Å². The lowest BCUT2D eigenvalue weighted by Gasteiger charge is -2.33. The number of pyridine rings is 1. The summed E-state index contributed by atoms with van der Waals surface area (Å²) in [5.41, 5.74) is 8.56. The molecule has 0 unspecified atom stereocenters. The van der Waals surface area contributed by atoms with Crippen LogP contribution in [0, 0.1) is 0 Å². The molecule has 0 saturated heterocycles. The molecule has 2 N–H and O–H groups in total. The van der Waals surface area contributed by atoms with Crippen molar-refractivity contribution in [1.29, 1.82) is 0 Å². The first-order valence-corrected chi connectivity index (χ1v) is 11.6. The second-order valence-corrected chi connectivity index (χ2v) is 9.30. The topological polar surface area (TPSA) is 96.3 Å². The first kappa shape index (κ1) is 23.0. The maximum atomic E-state index is 12.7. The fourth-order valence-electron chi connectivity index (χ4n) is 4.11. The largest absolute Gasteiger partial charge is 0.490 e. The summed E-state index contributed by atoms with van der Waals surface area (Å²) in [6, 6.07) is 18.2. The molecule has 0 radical (unpaired) electrons. The van der Waals surface area contributed by atoms with E-state index in [1.54, 1.807) is 18.5 Å². The molecule has 0 amide bonds. The van der Waals surface area contributed by atoms with Crippen LogP contribution < -0.4 is 15.2 Å². The van der Waals surface area contributed by atoms with Gasteiger partial charge < -0.3 is 19.7 Å². The molecule has 1 aliphatic carbocycles. The van der Waals surface area contributed by atoms with Crippen LogP contribution in [0.25, 0.3) is 11.4 Å². The van der Waals surface area contributed by atoms with Crippen molar-refractivity contribution in [3.05, 3.63) is 84.0 Å². The number of nitrogens with zero attached hydrogens (tertiary/aromatic N) is 3. The first-order valence-electron chi connectivity index (χ1n) is 11.6. The monoisotopic (exact) mass is 474 g/mol. The summed E-state index contributed by atoms with van der Waals surface area (Å²) in [6.45, 7) is 3.56. The van der Waals surface area contributed by atoms with Crippen LogP contribution in [-0.4, -0.2) is 27.3 Å². The van der Waals surface area contributed by atoms with E-state index in [1.807, 2.05) is 24.3 Å². The van der Waals surface area contributed by atoms with Gasteiger partial charge in [-0.15, -0.1) is 0 Å². The van der Waals surface area contributed by atoms with Crippen molar-refractivity contribution < 1.29 is 18.4 Å². The van der Waals surface area contributed by atoms with E-state index < -0.39 is 6.67 Å². The molecule has 1 saturated carbocycles. The minimum absolute atomic E-state index is 0.0743. The molecule has 7 nitrogen and oxygen atoms in total. The molecule has 4 aromatic rings. The summed E-state index contributed by atoms with van der Waals surface area (Å²) in [4.78, 5) is 8.15. The van der Waals surface area contributed by atoms with E-state index in [1.165, 1.54) is 5.56 Å². The minimum Gasteiger partial charge on any atom is -0.490 e. The molecule has 0 atom stereocenters. The van der Waals surface area contributed by atoms with Crippen molar-refractivity contribution in [2.45, 2.75) is 50.9 Å². The van der Waals surface area contributed by atoms with Crippen molar-refractivity contribution in [3.8, 4) is 28.6 Å². The van der Waals surface area contributed by atoms with Gasteiger partial charge in [-0.3, -0.25) is 4.98 Å². The average molecular weight is 475 g/mol. The number of benzene rings is 2. The number of rotatable bonds is 8. The van der Waals surface area contributed by atoms with Crippen LogP contribution in [0.15, 0.2) is 71.5 Å². The zero-order valence-corrected chi connectivity index (χ0v) is 19.6. The number of nitrogens with two attached hydrogens (primary N) is 1. The van der Waals surface area contributed by atoms with Gasteiger partial charge in [0.25, 0.3) is 5.89 Å². The third-order valence-electron chi connectivity index (χ3n) is 6.38. The Kier molecular flexibility index (Phi) is 6.21. The van der Waals surface area contributed by atoms with E-state index in [9.17, 15) is 4.39 Å². The normalized spacial score (nSPS) is 17.6. The lowest BCUT2D eigenvalue weighted by molar-refractivity contribution is 0.101.